The standard InChI is InChI=1S/C10H11N3/c1-8-5-9(7-11-6-8)10-3-4-12-13(10)2/h3-7H,1-2H3. The van der Waals surface area contributed by atoms with Gasteiger partial charge in [0.25, 0.3) is 0 Å². The normalized spacial score (nSPS) is 10.3. The third-order valence-corrected chi connectivity index (χ3v) is 1.99. The quantitative estimate of drug-likeness (QED) is 0.658. The Labute approximate surface area is 77.0 Å². The maximum Gasteiger partial charge on any atom is 0.0694 e. The maximum atomic E-state index is 4.14. The van der Waals surface area contributed by atoms with Gasteiger partial charge < -0.3 is 0 Å². The van der Waals surface area contributed by atoms with Gasteiger partial charge in [-0.3, -0.25) is 9.67 Å². The van der Waals surface area contributed by atoms with Crippen molar-refractivity contribution >= 4 is 0 Å². The number of nitrogens with zero attached hydrogens (tertiary/aromatic N) is 3. The molecule has 0 saturated carbocycles. The van der Waals surface area contributed by atoms with Crippen LogP contribution in [-0.4, -0.2) is 14.8 Å². The summed E-state index contributed by atoms with van der Waals surface area (Å²) in [6.07, 6.45) is 5.49. The van der Waals surface area contributed by atoms with Gasteiger partial charge in [0.2, 0.25) is 0 Å². The summed E-state index contributed by atoms with van der Waals surface area (Å²) in [6, 6.07) is 4.08. The van der Waals surface area contributed by atoms with Crippen molar-refractivity contribution in [3.63, 3.8) is 0 Å². The van der Waals surface area contributed by atoms with E-state index in [1.165, 1.54) is 5.56 Å². The van der Waals surface area contributed by atoms with Gasteiger partial charge in [-0.1, -0.05) is 0 Å². The topological polar surface area (TPSA) is 30.7 Å². The number of aryl methyl sites for hydroxylation is 2. The number of pyridine rings is 1. The van der Waals surface area contributed by atoms with Crippen molar-refractivity contribution in [2.24, 2.45) is 7.05 Å². The van der Waals surface area contributed by atoms with Crippen LogP contribution >= 0.6 is 0 Å². The van der Waals surface area contributed by atoms with Crippen LogP contribution in [0.4, 0.5) is 0 Å². The molecule has 0 bridgehead atoms. The summed E-state index contributed by atoms with van der Waals surface area (Å²) in [7, 11) is 1.93. The van der Waals surface area contributed by atoms with Crippen molar-refractivity contribution in [3.05, 3.63) is 36.3 Å². The molecular weight excluding hydrogens is 162 g/mol. The van der Waals surface area contributed by atoms with Gasteiger partial charge in [-0.15, -0.1) is 0 Å². The summed E-state index contributed by atoms with van der Waals surface area (Å²) < 4.78 is 1.84. The number of hydrogen-bond acceptors (Lipinski definition) is 2. The summed E-state index contributed by atoms with van der Waals surface area (Å²) in [5.41, 5.74) is 3.37. The van der Waals surface area contributed by atoms with Crippen LogP contribution in [0.3, 0.4) is 0 Å². The second-order valence-corrected chi connectivity index (χ2v) is 3.09. The molecule has 0 N–H and O–H groups in total. The Kier molecular flexibility index (Phi) is 1.85. The fourth-order valence-electron chi connectivity index (χ4n) is 1.35. The summed E-state index contributed by atoms with van der Waals surface area (Å²) in [5.74, 6) is 0. The zero-order valence-corrected chi connectivity index (χ0v) is 7.73. The Morgan fingerprint density at radius 3 is 2.77 bits per heavy atom. The van der Waals surface area contributed by atoms with Gasteiger partial charge in [-0.05, 0) is 24.6 Å². The minimum absolute atomic E-state index is 1.09. The van der Waals surface area contributed by atoms with Crippen molar-refractivity contribution in [2.45, 2.75) is 6.92 Å². The zero-order chi connectivity index (χ0) is 9.26. The first-order chi connectivity index (χ1) is 6.27. The molecule has 0 atom stereocenters. The van der Waals surface area contributed by atoms with Gasteiger partial charge in [0.1, 0.15) is 0 Å². The van der Waals surface area contributed by atoms with Gasteiger partial charge in [0.05, 0.1) is 5.69 Å². The largest absolute Gasteiger partial charge is 0.268 e. The third-order valence-electron chi connectivity index (χ3n) is 1.99. The molecule has 3 heteroatoms. The van der Waals surface area contributed by atoms with Gasteiger partial charge >= 0.3 is 0 Å². The molecule has 13 heavy (non-hydrogen) atoms. The molecule has 0 aliphatic carbocycles. The molecule has 3 nitrogen and oxygen atoms in total. The first-order valence-corrected chi connectivity index (χ1v) is 4.17. The highest BCUT2D eigenvalue weighted by atomic mass is 15.3. The van der Waals surface area contributed by atoms with Crippen LogP contribution in [0.25, 0.3) is 11.3 Å². The van der Waals surface area contributed by atoms with Crippen molar-refractivity contribution in [1.82, 2.24) is 14.8 Å². The second-order valence-electron chi connectivity index (χ2n) is 3.09. The van der Waals surface area contributed by atoms with Crippen LogP contribution in [-0.2, 0) is 7.05 Å². The van der Waals surface area contributed by atoms with E-state index in [1.807, 2.05) is 37.1 Å². The molecule has 2 aromatic heterocycles. The molecule has 0 aliphatic rings. The highest BCUT2D eigenvalue weighted by molar-refractivity contribution is 5.58. The molecule has 2 aromatic rings. The number of aromatic nitrogens is 3. The average molecular weight is 173 g/mol. The molecule has 0 aromatic carbocycles. The summed E-state index contributed by atoms with van der Waals surface area (Å²) in [5, 5.41) is 4.11. The fraction of sp³-hybridized carbons (Fsp3) is 0.200. The lowest BCUT2D eigenvalue weighted by atomic mass is 10.2. The predicted octanol–water partition coefficient (Wildman–Crippen LogP) is 1.79. The maximum absolute atomic E-state index is 4.14. The first kappa shape index (κ1) is 7.98. The smallest absolute Gasteiger partial charge is 0.0694 e. The average Bonchev–Trinajstić information content (AvgIpc) is 2.51. The van der Waals surface area contributed by atoms with Crippen LogP contribution in [0.2, 0.25) is 0 Å². The Bertz CT molecular complexity index is 418. The van der Waals surface area contributed by atoms with E-state index in [-0.39, 0.29) is 0 Å². The van der Waals surface area contributed by atoms with Gasteiger partial charge in [-0.25, -0.2) is 0 Å². The fourth-order valence-corrected chi connectivity index (χ4v) is 1.35. The van der Waals surface area contributed by atoms with E-state index in [2.05, 4.69) is 16.1 Å². The van der Waals surface area contributed by atoms with Crippen LogP contribution < -0.4 is 0 Å². The highest BCUT2D eigenvalue weighted by Crippen LogP contribution is 2.17. The van der Waals surface area contributed by atoms with Crippen LogP contribution in [0.1, 0.15) is 5.56 Å². The highest BCUT2D eigenvalue weighted by Gasteiger charge is 2.01. The van der Waals surface area contributed by atoms with Crippen molar-refractivity contribution in [2.75, 3.05) is 0 Å². The van der Waals surface area contributed by atoms with Crippen molar-refractivity contribution in [1.29, 1.82) is 0 Å². The monoisotopic (exact) mass is 173 g/mol. The van der Waals surface area contributed by atoms with Crippen LogP contribution in [0.15, 0.2) is 30.7 Å². The molecule has 0 unspecified atom stereocenters. The molecule has 0 aliphatic heterocycles. The SMILES string of the molecule is Cc1cncc(-c2ccnn2C)c1. The van der Waals surface area contributed by atoms with Crippen LogP contribution in [0.5, 0.6) is 0 Å². The van der Waals surface area contributed by atoms with Crippen molar-refractivity contribution < 1.29 is 0 Å². The zero-order valence-electron chi connectivity index (χ0n) is 7.73. The van der Waals surface area contributed by atoms with E-state index in [9.17, 15) is 0 Å². The lowest BCUT2D eigenvalue weighted by molar-refractivity contribution is 0.775. The Hall–Kier alpha value is -1.64. The lowest BCUT2D eigenvalue weighted by Gasteiger charge is -2.01. The third kappa shape index (κ3) is 1.45. The van der Waals surface area contributed by atoms with Gasteiger partial charge in [0, 0.05) is 31.2 Å². The molecule has 0 fully saturated rings. The first-order valence-electron chi connectivity index (χ1n) is 4.17. The van der Waals surface area contributed by atoms with Crippen LogP contribution in [0, 0.1) is 6.92 Å². The number of rotatable bonds is 1. The molecule has 2 heterocycles. The Balaban J connectivity index is 2.53. The Morgan fingerprint density at radius 2 is 2.15 bits per heavy atom. The molecule has 0 amide bonds. The lowest BCUT2D eigenvalue weighted by Crippen LogP contribution is -1.93. The summed E-state index contributed by atoms with van der Waals surface area (Å²) >= 11 is 0. The van der Waals surface area contributed by atoms with E-state index >= 15 is 0 Å². The molecule has 0 saturated heterocycles. The summed E-state index contributed by atoms with van der Waals surface area (Å²) in [4.78, 5) is 4.14. The van der Waals surface area contributed by atoms with Gasteiger partial charge in [-0.2, -0.15) is 5.10 Å². The Morgan fingerprint density at radius 1 is 1.31 bits per heavy atom. The van der Waals surface area contributed by atoms with E-state index in [0.717, 1.165) is 11.3 Å². The summed E-state index contributed by atoms with van der Waals surface area (Å²) in [6.45, 7) is 2.03. The second kappa shape index (κ2) is 3.01. The van der Waals surface area contributed by atoms with Crippen molar-refractivity contribution in [3.8, 4) is 11.3 Å². The minimum Gasteiger partial charge on any atom is -0.268 e. The minimum atomic E-state index is 1.09. The molecule has 0 spiro atoms. The molecule has 0 radical (unpaired) electrons. The molecule has 2 rings (SSSR count). The molecule has 66 valence electrons. The van der Waals surface area contributed by atoms with E-state index < -0.39 is 0 Å². The predicted molar refractivity (Wildman–Crippen MR) is 51.2 cm³/mol. The molecular formula is C10H11N3. The van der Waals surface area contributed by atoms with Gasteiger partial charge in [0.15, 0.2) is 0 Å². The van der Waals surface area contributed by atoms with E-state index in [0.29, 0.717) is 0 Å². The van der Waals surface area contributed by atoms with E-state index in [4.69, 9.17) is 0 Å². The van der Waals surface area contributed by atoms with E-state index in [1.54, 1.807) is 6.20 Å². The number of hydrogen-bond donors (Lipinski definition) is 0.